The molecule has 0 aliphatic carbocycles. The lowest BCUT2D eigenvalue weighted by Crippen LogP contribution is -2.53. The quantitative estimate of drug-likeness (QED) is 0.802. The Bertz CT molecular complexity index is 349. The molecule has 1 aromatic rings. The SMILES string of the molecule is CCC(C)C1CNCCN1Cc1nnn(C)n1. The highest BCUT2D eigenvalue weighted by atomic mass is 15.6. The van der Waals surface area contributed by atoms with Gasteiger partial charge in [-0.2, -0.15) is 4.80 Å². The third-order valence-electron chi connectivity index (χ3n) is 3.59. The molecule has 1 fully saturated rings. The van der Waals surface area contributed by atoms with Crippen molar-refractivity contribution in [2.45, 2.75) is 32.9 Å². The van der Waals surface area contributed by atoms with Crippen LogP contribution in [0.15, 0.2) is 0 Å². The maximum atomic E-state index is 4.26. The molecule has 1 aliphatic heterocycles. The Kier molecular flexibility index (Phi) is 4.06. The lowest BCUT2D eigenvalue weighted by atomic mass is 9.96. The van der Waals surface area contributed by atoms with Crippen molar-refractivity contribution in [2.24, 2.45) is 13.0 Å². The predicted molar refractivity (Wildman–Crippen MR) is 65.3 cm³/mol. The van der Waals surface area contributed by atoms with Crippen LogP contribution < -0.4 is 5.32 Å². The molecular formula is C11H22N6. The first-order chi connectivity index (χ1) is 8.20. The summed E-state index contributed by atoms with van der Waals surface area (Å²) >= 11 is 0. The number of piperazine rings is 1. The fraction of sp³-hybridized carbons (Fsp3) is 0.909. The molecule has 1 aromatic heterocycles. The maximum absolute atomic E-state index is 4.26. The van der Waals surface area contributed by atoms with E-state index in [9.17, 15) is 0 Å². The molecule has 1 saturated heterocycles. The van der Waals surface area contributed by atoms with Crippen LogP contribution in [0.2, 0.25) is 0 Å². The molecule has 6 nitrogen and oxygen atoms in total. The molecule has 6 heteroatoms. The summed E-state index contributed by atoms with van der Waals surface area (Å²) in [5.74, 6) is 1.52. The summed E-state index contributed by atoms with van der Waals surface area (Å²) in [5, 5.41) is 15.7. The van der Waals surface area contributed by atoms with Gasteiger partial charge in [0.25, 0.3) is 0 Å². The van der Waals surface area contributed by atoms with Crippen molar-refractivity contribution in [1.29, 1.82) is 0 Å². The summed E-state index contributed by atoms with van der Waals surface area (Å²) < 4.78 is 0. The zero-order chi connectivity index (χ0) is 12.3. The zero-order valence-corrected chi connectivity index (χ0v) is 10.9. The van der Waals surface area contributed by atoms with E-state index in [1.54, 1.807) is 7.05 Å². The molecule has 2 heterocycles. The highest BCUT2D eigenvalue weighted by Crippen LogP contribution is 2.17. The molecule has 0 spiro atoms. The van der Waals surface area contributed by atoms with E-state index in [1.807, 2.05) is 0 Å². The smallest absolute Gasteiger partial charge is 0.188 e. The Balaban J connectivity index is 2.01. The second kappa shape index (κ2) is 5.55. The second-order valence-electron chi connectivity index (χ2n) is 4.82. The van der Waals surface area contributed by atoms with Crippen molar-refractivity contribution in [3.8, 4) is 0 Å². The third-order valence-corrected chi connectivity index (χ3v) is 3.59. The number of rotatable bonds is 4. The number of nitrogens with one attached hydrogen (secondary N) is 1. The van der Waals surface area contributed by atoms with Crippen molar-refractivity contribution in [1.82, 2.24) is 30.4 Å². The number of tetrazole rings is 1. The van der Waals surface area contributed by atoms with Gasteiger partial charge in [-0.15, -0.1) is 10.2 Å². The van der Waals surface area contributed by atoms with Crippen molar-refractivity contribution in [3.63, 3.8) is 0 Å². The molecule has 0 radical (unpaired) electrons. The molecule has 2 atom stereocenters. The Morgan fingerprint density at radius 3 is 3.00 bits per heavy atom. The molecule has 2 unspecified atom stereocenters. The van der Waals surface area contributed by atoms with Gasteiger partial charge in [-0.05, 0) is 11.1 Å². The molecular weight excluding hydrogens is 216 g/mol. The molecule has 1 aliphatic rings. The maximum Gasteiger partial charge on any atom is 0.188 e. The van der Waals surface area contributed by atoms with E-state index in [0.29, 0.717) is 12.0 Å². The Hall–Kier alpha value is -1.01. The lowest BCUT2D eigenvalue weighted by Gasteiger charge is -2.38. The molecule has 17 heavy (non-hydrogen) atoms. The van der Waals surface area contributed by atoms with Gasteiger partial charge < -0.3 is 5.32 Å². The number of nitrogens with zero attached hydrogens (tertiary/aromatic N) is 5. The summed E-state index contributed by atoms with van der Waals surface area (Å²) in [5.41, 5.74) is 0. The zero-order valence-electron chi connectivity index (χ0n) is 10.9. The van der Waals surface area contributed by atoms with Gasteiger partial charge in [0, 0.05) is 25.7 Å². The van der Waals surface area contributed by atoms with Crippen molar-refractivity contribution < 1.29 is 0 Å². The van der Waals surface area contributed by atoms with E-state index in [1.165, 1.54) is 11.2 Å². The average molecular weight is 238 g/mol. The number of aryl methyl sites for hydroxylation is 1. The number of hydrogen-bond donors (Lipinski definition) is 1. The third kappa shape index (κ3) is 3.01. The first-order valence-electron chi connectivity index (χ1n) is 6.38. The fourth-order valence-electron chi connectivity index (χ4n) is 2.37. The number of aromatic nitrogens is 4. The first kappa shape index (κ1) is 12.4. The van der Waals surface area contributed by atoms with E-state index in [-0.39, 0.29) is 0 Å². The predicted octanol–water partition coefficient (Wildman–Crippen LogP) is 0.0300. The van der Waals surface area contributed by atoms with Crippen LogP contribution in [0.25, 0.3) is 0 Å². The highest BCUT2D eigenvalue weighted by Gasteiger charge is 2.27. The lowest BCUT2D eigenvalue weighted by molar-refractivity contribution is 0.106. The van der Waals surface area contributed by atoms with E-state index in [0.717, 1.165) is 32.0 Å². The van der Waals surface area contributed by atoms with Gasteiger partial charge in [0.2, 0.25) is 0 Å². The van der Waals surface area contributed by atoms with Crippen LogP contribution in [-0.2, 0) is 13.6 Å². The van der Waals surface area contributed by atoms with Gasteiger partial charge in [-0.3, -0.25) is 4.90 Å². The van der Waals surface area contributed by atoms with Crippen LogP contribution in [-0.4, -0.2) is 50.8 Å². The molecule has 96 valence electrons. The van der Waals surface area contributed by atoms with Crippen LogP contribution in [0.1, 0.15) is 26.1 Å². The largest absolute Gasteiger partial charge is 0.314 e. The number of hydrogen-bond acceptors (Lipinski definition) is 5. The average Bonchev–Trinajstić information content (AvgIpc) is 2.74. The summed E-state index contributed by atoms with van der Waals surface area (Å²) in [6.07, 6.45) is 1.21. The normalized spacial score (nSPS) is 23.8. The molecule has 1 N–H and O–H groups in total. The van der Waals surface area contributed by atoms with Gasteiger partial charge in [-0.1, -0.05) is 20.3 Å². The van der Waals surface area contributed by atoms with Gasteiger partial charge in [-0.25, -0.2) is 0 Å². The summed E-state index contributed by atoms with van der Waals surface area (Å²) in [6.45, 7) is 8.55. The van der Waals surface area contributed by atoms with Gasteiger partial charge >= 0.3 is 0 Å². The van der Waals surface area contributed by atoms with Crippen LogP contribution in [0.4, 0.5) is 0 Å². The highest BCUT2D eigenvalue weighted by molar-refractivity contribution is 4.87. The van der Waals surface area contributed by atoms with Crippen LogP contribution >= 0.6 is 0 Å². The minimum absolute atomic E-state index is 0.581. The molecule has 0 amide bonds. The van der Waals surface area contributed by atoms with E-state index < -0.39 is 0 Å². The molecule has 0 bridgehead atoms. The minimum atomic E-state index is 0.581. The van der Waals surface area contributed by atoms with Crippen molar-refractivity contribution in [3.05, 3.63) is 5.82 Å². The van der Waals surface area contributed by atoms with Crippen molar-refractivity contribution in [2.75, 3.05) is 19.6 Å². The van der Waals surface area contributed by atoms with E-state index >= 15 is 0 Å². The van der Waals surface area contributed by atoms with Gasteiger partial charge in [0.05, 0.1) is 13.6 Å². The monoisotopic (exact) mass is 238 g/mol. The standard InChI is InChI=1S/C11H22N6/c1-4-9(2)10-7-12-5-6-17(10)8-11-13-15-16(3)14-11/h9-10,12H,4-8H2,1-3H3. The first-order valence-corrected chi connectivity index (χ1v) is 6.38. The Morgan fingerprint density at radius 2 is 2.35 bits per heavy atom. The van der Waals surface area contributed by atoms with Crippen molar-refractivity contribution >= 4 is 0 Å². The Labute approximate surface area is 102 Å². The summed E-state index contributed by atoms with van der Waals surface area (Å²) in [7, 11) is 1.81. The second-order valence-corrected chi connectivity index (χ2v) is 4.82. The van der Waals surface area contributed by atoms with E-state index in [2.05, 4.69) is 39.5 Å². The molecule has 0 aromatic carbocycles. The molecule has 2 rings (SSSR count). The van der Waals surface area contributed by atoms with Crippen LogP contribution in [0.5, 0.6) is 0 Å². The summed E-state index contributed by atoms with van der Waals surface area (Å²) in [4.78, 5) is 4.00. The van der Waals surface area contributed by atoms with Crippen LogP contribution in [0, 0.1) is 5.92 Å². The minimum Gasteiger partial charge on any atom is -0.314 e. The fourth-order valence-corrected chi connectivity index (χ4v) is 2.37. The van der Waals surface area contributed by atoms with E-state index in [4.69, 9.17) is 0 Å². The van der Waals surface area contributed by atoms with Gasteiger partial charge in [0.15, 0.2) is 5.82 Å². The summed E-state index contributed by atoms with van der Waals surface area (Å²) in [6, 6.07) is 0.581. The Morgan fingerprint density at radius 1 is 1.53 bits per heavy atom. The topological polar surface area (TPSA) is 58.9 Å². The van der Waals surface area contributed by atoms with Gasteiger partial charge in [0.1, 0.15) is 0 Å². The van der Waals surface area contributed by atoms with Crippen LogP contribution in [0.3, 0.4) is 0 Å². The molecule has 0 saturated carbocycles.